The van der Waals surface area contributed by atoms with Gasteiger partial charge in [-0.05, 0) is 19.3 Å². The average molecular weight is 164 g/mol. The van der Waals surface area contributed by atoms with Crippen molar-refractivity contribution in [1.29, 1.82) is 0 Å². The molecule has 1 saturated carbocycles. The SMILES string of the molecule is CCC1(NS(N)(=O)=O)CC1. The van der Waals surface area contributed by atoms with Crippen LogP contribution in [-0.4, -0.2) is 14.0 Å². The van der Waals surface area contributed by atoms with Gasteiger partial charge < -0.3 is 0 Å². The minimum Gasteiger partial charge on any atom is -0.216 e. The first kappa shape index (κ1) is 7.97. The van der Waals surface area contributed by atoms with Crippen molar-refractivity contribution in [2.45, 2.75) is 31.7 Å². The lowest BCUT2D eigenvalue weighted by Crippen LogP contribution is -2.40. The third-order valence-electron chi connectivity index (χ3n) is 1.89. The summed E-state index contributed by atoms with van der Waals surface area (Å²) >= 11 is 0. The zero-order valence-electron chi connectivity index (χ0n) is 5.92. The van der Waals surface area contributed by atoms with Crippen LogP contribution in [0.15, 0.2) is 0 Å². The molecule has 4 nitrogen and oxygen atoms in total. The number of hydrogen-bond acceptors (Lipinski definition) is 2. The molecule has 0 saturated heterocycles. The second-order valence-electron chi connectivity index (χ2n) is 2.78. The average Bonchev–Trinajstić information content (AvgIpc) is 2.45. The molecule has 1 aliphatic carbocycles. The van der Waals surface area contributed by atoms with Gasteiger partial charge in [0.15, 0.2) is 0 Å². The second kappa shape index (κ2) is 2.18. The third kappa shape index (κ3) is 1.93. The predicted octanol–water partition coefficient (Wildman–Crippen LogP) is -0.278. The summed E-state index contributed by atoms with van der Waals surface area (Å²) in [6, 6.07) is 0. The summed E-state index contributed by atoms with van der Waals surface area (Å²) < 4.78 is 23.4. The highest BCUT2D eigenvalue weighted by molar-refractivity contribution is 7.87. The largest absolute Gasteiger partial charge is 0.274 e. The van der Waals surface area contributed by atoms with Crippen LogP contribution in [0.2, 0.25) is 0 Å². The Morgan fingerprint density at radius 1 is 1.60 bits per heavy atom. The topological polar surface area (TPSA) is 72.2 Å². The van der Waals surface area contributed by atoms with E-state index in [0.29, 0.717) is 0 Å². The molecule has 0 aromatic carbocycles. The highest BCUT2D eigenvalue weighted by Gasteiger charge is 2.43. The maximum absolute atomic E-state index is 10.5. The Morgan fingerprint density at radius 3 is 2.20 bits per heavy atom. The summed E-state index contributed by atoms with van der Waals surface area (Å²) in [5.41, 5.74) is -0.187. The minimum absolute atomic E-state index is 0.187. The van der Waals surface area contributed by atoms with Crippen LogP contribution in [0.4, 0.5) is 0 Å². The van der Waals surface area contributed by atoms with Gasteiger partial charge in [-0.15, -0.1) is 0 Å². The first-order chi connectivity index (χ1) is 4.47. The van der Waals surface area contributed by atoms with Gasteiger partial charge in [-0.1, -0.05) is 6.92 Å². The highest BCUT2D eigenvalue weighted by Crippen LogP contribution is 2.38. The molecular weight excluding hydrogens is 152 g/mol. The Labute approximate surface area is 61.0 Å². The highest BCUT2D eigenvalue weighted by atomic mass is 32.2. The summed E-state index contributed by atoms with van der Waals surface area (Å²) in [5, 5.41) is 4.80. The molecule has 3 N–H and O–H groups in total. The zero-order valence-corrected chi connectivity index (χ0v) is 6.74. The van der Waals surface area contributed by atoms with Crippen molar-refractivity contribution in [3.63, 3.8) is 0 Å². The van der Waals surface area contributed by atoms with Gasteiger partial charge in [0.2, 0.25) is 0 Å². The molecule has 60 valence electrons. The summed E-state index contributed by atoms with van der Waals surface area (Å²) in [4.78, 5) is 0. The monoisotopic (exact) mass is 164 g/mol. The summed E-state index contributed by atoms with van der Waals surface area (Å²) in [7, 11) is -3.48. The van der Waals surface area contributed by atoms with Crippen LogP contribution < -0.4 is 9.86 Å². The molecule has 0 bridgehead atoms. The van der Waals surface area contributed by atoms with Crippen molar-refractivity contribution in [2.75, 3.05) is 0 Å². The van der Waals surface area contributed by atoms with E-state index >= 15 is 0 Å². The van der Waals surface area contributed by atoms with E-state index in [-0.39, 0.29) is 5.54 Å². The number of rotatable bonds is 3. The number of hydrogen-bond donors (Lipinski definition) is 2. The van der Waals surface area contributed by atoms with Crippen molar-refractivity contribution in [1.82, 2.24) is 4.72 Å². The van der Waals surface area contributed by atoms with Crippen molar-refractivity contribution in [2.24, 2.45) is 5.14 Å². The standard InChI is InChI=1S/C5H12N2O2S/c1-2-5(3-4-5)7-10(6,8)9/h7H,2-4H2,1H3,(H2,6,8,9). The lowest BCUT2D eigenvalue weighted by Gasteiger charge is -2.11. The Morgan fingerprint density at radius 2 is 2.10 bits per heavy atom. The van der Waals surface area contributed by atoms with Crippen LogP contribution in [0.1, 0.15) is 26.2 Å². The van der Waals surface area contributed by atoms with Crippen molar-refractivity contribution < 1.29 is 8.42 Å². The van der Waals surface area contributed by atoms with E-state index in [1.807, 2.05) is 6.92 Å². The van der Waals surface area contributed by atoms with Gasteiger partial charge in [0.1, 0.15) is 0 Å². The van der Waals surface area contributed by atoms with Crippen LogP contribution in [0, 0.1) is 0 Å². The fourth-order valence-corrected chi connectivity index (χ4v) is 1.93. The van der Waals surface area contributed by atoms with Gasteiger partial charge in [0.25, 0.3) is 10.2 Å². The molecule has 0 atom stereocenters. The molecule has 0 radical (unpaired) electrons. The van der Waals surface area contributed by atoms with Crippen LogP contribution >= 0.6 is 0 Å². The molecule has 1 rings (SSSR count). The van der Waals surface area contributed by atoms with E-state index in [1.54, 1.807) is 0 Å². The zero-order chi connectivity index (χ0) is 7.83. The minimum atomic E-state index is -3.48. The van der Waals surface area contributed by atoms with Crippen LogP contribution in [0.3, 0.4) is 0 Å². The molecule has 5 heteroatoms. The Bertz CT molecular complexity index is 218. The Kier molecular flexibility index (Phi) is 1.74. The fraction of sp³-hybridized carbons (Fsp3) is 1.00. The van der Waals surface area contributed by atoms with Gasteiger partial charge in [0.05, 0.1) is 0 Å². The maximum atomic E-state index is 10.5. The number of nitrogens with two attached hydrogens (primary N) is 1. The van der Waals surface area contributed by atoms with Crippen molar-refractivity contribution in [3.8, 4) is 0 Å². The first-order valence-corrected chi connectivity index (χ1v) is 4.84. The van der Waals surface area contributed by atoms with E-state index in [2.05, 4.69) is 4.72 Å². The van der Waals surface area contributed by atoms with E-state index in [9.17, 15) is 8.42 Å². The van der Waals surface area contributed by atoms with E-state index in [0.717, 1.165) is 19.3 Å². The summed E-state index contributed by atoms with van der Waals surface area (Å²) in [6.45, 7) is 1.95. The van der Waals surface area contributed by atoms with Crippen LogP contribution in [0.5, 0.6) is 0 Å². The lowest BCUT2D eigenvalue weighted by atomic mass is 10.2. The van der Waals surface area contributed by atoms with E-state index < -0.39 is 10.2 Å². The smallest absolute Gasteiger partial charge is 0.216 e. The molecule has 0 heterocycles. The Hall–Kier alpha value is -0.130. The molecular formula is C5H12N2O2S. The van der Waals surface area contributed by atoms with Crippen LogP contribution in [0.25, 0.3) is 0 Å². The molecule has 1 aliphatic rings. The molecule has 0 amide bonds. The van der Waals surface area contributed by atoms with Crippen molar-refractivity contribution in [3.05, 3.63) is 0 Å². The van der Waals surface area contributed by atoms with Crippen molar-refractivity contribution >= 4 is 10.2 Å². The van der Waals surface area contributed by atoms with Gasteiger partial charge >= 0.3 is 0 Å². The van der Waals surface area contributed by atoms with Gasteiger partial charge in [-0.3, -0.25) is 0 Å². The molecule has 0 aromatic rings. The molecule has 10 heavy (non-hydrogen) atoms. The van der Waals surface area contributed by atoms with Gasteiger partial charge in [0, 0.05) is 5.54 Å². The van der Waals surface area contributed by atoms with E-state index in [1.165, 1.54) is 0 Å². The molecule has 0 aliphatic heterocycles. The number of nitrogens with one attached hydrogen (secondary N) is 1. The molecule has 0 unspecified atom stereocenters. The molecule has 0 spiro atoms. The normalized spacial score (nSPS) is 22.6. The van der Waals surface area contributed by atoms with Gasteiger partial charge in [-0.2, -0.15) is 13.1 Å². The first-order valence-electron chi connectivity index (χ1n) is 3.29. The second-order valence-corrected chi connectivity index (χ2v) is 4.08. The quantitative estimate of drug-likeness (QED) is 0.602. The van der Waals surface area contributed by atoms with E-state index in [4.69, 9.17) is 5.14 Å². The molecule has 1 fully saturated rings. The molecule has 0 aromatic heterocycles. The van der Waals surface area contributed by atoms with Crippen LogP contribution in [-0.2, 0) is 10.2 Å². The maximum Gasteiger partial charge on any atom is 0.274 e. The fourth-order valence-electron chi connectivity index (χ4n) is 0.980. The van der Waals surface area contributed by atoms with Gasteiger partial charge in [-0.25, -0.2) is 5.14 Å². The summed E-state index contributed by atoms with van der Waals surface area (Å²) in [6.07, 6.45) is 2.66. The predicted molar refractivity (Wildman–Crippen MR) is 38.5 cm³/mol. The lowest BCUT2D eigenvalue weighted by molar-refractivity contribution is 0.533. The summed E-state index contributed by atoms with van der Waals surface area (Å²) in [5.74, 6) is 0. The third-order valence-corrected chi connectivity index (χ3v) is 2.61. The Balaban J connectivity index is 2.54.